The van der Waals surface area contributed by atoms with Crippen LogP contribution in [0.15, 0.2) is 188 Å². The minimum atomic E-state index is -1.27. The van der Waals surface area contributed by atoms with Crippen LogP contribution < -0.4 is 11.5 Å². The average Bonchev–Trinajstić information content (AvgIpc) is 3.84. The summed E-state index contributed by atoms with van der Waals surface area (Å²) < 4.78 is 23.5. The van der Waals surface area contributed by atoms with E-state index in [1.54, 1.807) is 4.57 Å². The predicted molar refractivity (Wildman–Crippen MR) is 223 cm³/mol. The maximum absolute atomic E-state index is 12.7. The molecule has 0 radical (unpaired) electrons. The highest BCUT2D eigenvalue weighted by atomic mass is 16.6. The van der Waals surface area contributed by atoms with E-state index in [1.165, 1.54) is 6.33 Å². The van der Waals surface area contributed by atoms with Gasteiger partial charge >= 0.3 is 0 Å². The minimum Gasteiger partial charge on any atom is -0.386 e. The molecule has 0 spiro atoms. The average molecular weight is 767 g/mol. The molecule has 2 aromatic heterocycles. The second-order valence-corrected chi connectivity index (χ2v) is 14.3. The van der Waals surface area contributed by atoms with E-state index < -0.39 is 35.7 Å². The van der Waals surface area contributed by atoms with Crippen LogP contribution in [0.3, 0.4) is 0 Å². The molecule has 4 atom stereocenters. The van der Waals surface area contributed by atoms with Gasteiger partial charge in [-0.1, -0.05) is 182 Å². The number of aliphatic hydroxyl groups is 1. The van der Waals surface area contributed by atoms with E-state index in [1.807, 2.05) is 146 Å². The summed E-state index contributed by atoms with van der Waals surface area (Å²) in [5.74, 6) is 0.0950. The molecule has 1 saturated heterocycles. The standard InChI is InChI=1S/C48H42N6O4/c49-43-40-44(53-46(50)52-43)54(32-51-40)45-41(55)42(58-48(36-25-13-4-14-26-36,37-27-15-5-16-28-37)38-29-17-6-18-30-38)39(57-45)31-56-47(33-19-7-1-8-20-33,34-21-9-2-10-22-34)35-23-11-3-12-24-35/h1-30,32,39,41-42,45,55H,31H2,(H4,49,50,52,53)/t39-,41-,42-,45-/m1/s1. The molecule has 0 bridgehead atoms. The molecule has 10 nitrogen and oxygen atoms in total. The second kappa shape index (κ2) is 15.7. The van der Waals surface area contributed by atoms with E-state index in [0.717, 1.165) is 33.4 Å². The molecular weight excluding hydrogens is 725 g/mol. The van der Waals surface area contributed by atoms with Crippen LogP contribution in [0.5, 0.6) is 0 Å². The summed E-state index contributed by atoms with van der Waals surface area (Å²) in [6.45, 7) is -0.00273. The van der Waals surface area contributed by atoms with Gasteiger partial charge < -0.3 is 30.8 Å². The Morgan fingerprint density at radius 2 is 0.966 bits per heavy atom. The number of imidazole rings is 1. The topological polar surface area (TPSA) is 144 Å². The third-order valence-electron chi connectivity index (χ3n) is 10.9. The van der Waals surface area contributed by atoms with Crippen LogP contribution in [0, 0.1) is 0 Å². The molecule has 0 unspecified atom stereocenters. The third kappa shape index (κ3) is 6.48. The lowest BCUT2D eigenvalue weighted by Crippen LogP contribution is -2.46. The summed E-state index contributed by atoms with van der Waals surface area (Å²) in [5, 5.41) is 12.7. The molecule has 0 aliphatic carbocycles. The van der Waals surface area contributed by atoms with Crippen molar-refractivity contribution < 1.29 is 19.3 Å². The first-order valence-electron chi connectivity index (χ1n) is 19.2. The Bertz CT molecular complexity index is 2390. The van der Waals surface area contributed by atoms with Crippen molar-refractivity contribution in [2.75, 3.05) is 18.1 Å². The van der Waals surface area contributed by atoms with Gasteiger partial charge in [0.15, 0.2) is 17.7 Å². The molecule has 1 aliphatic heterocycles. The van der Waals surface area contributed by atoms with Crippen LogP contribution in [0.25, 0.3) is 11.2 Å². The zero-order valence-electron chi connectivity index (χ0n) is 31.5. The molecule has 0 amide bonds. The Kier molecular flexibility index (Phi) is 9.98. The van der Waals surface area contributed by atoms with E-state index in [-0.39, 0.29) is 18.4 Å². The Balaban J connectivity index is 1.22. The van der Waals surface area contributed by atoms with E-state index in [4.69, 9.17) is 25.7 Å². The summed E-state index contributed by atoms with van der Waals surface area (Å²) in [4.78, 5) is 13.1. The smallest absolute Gasteiger partial charge is 0.224 e. The normalized spacial score (nSPS) is 18.4. The first-order chi connectivity index (χ1) is 28.5. The van der Waals surface area contributed by atoms with E-state index >= 15 is 0 Å². The van der Waals surface area contributed by atoms with E-state index in [9.17, 15) is 5.11 Å². The molecule has 10 heteroatoms. The number of hydrogen-bond donors (Lipinski definition) is 3. The van der Waals surface area contributed by atoms with Gasteiger partial charge in [-0.05, 0) is 33.4 Å². The summed E-state index contributed by atoms with van der Waals surface area (Å²) in [5.41, 5.74) is 16.1. The number of aliphatic hydroxyl groups excluding tert-OH is 1. The van der Waals surface area contributed by atoms with Gasteiger partial charge in [-0.15, -0.1) is 0 Å². The van der Waals surface area contributed by atoms with Gasteiger partial charge in [0.25, 0.3) is 0 Å². The zero-order chi connectivity index (χ0) is 39.5. The maximum atomic E-state index is 12.7. The van der Waals surface area contributed by atoms with Gasteiger partial charge in [-0.25, -0.2) is 4.98 Å². The van der Waals surface area contributed by atoms with Crippen LogP contribution in [0.2, 0.25) is 0 Å². The van der Waals surface area contributed by atoms with Crippen molar-refractivity contribution in [1.82, 2.24) is 19.5 Å². The SMILES string of the molecule is Nc1nc(N)c2ncn([C@@H]3O[C@H](COC(c4ccccc4)(c4ccccc4)c4ccccc4)[C@@H](OC(c4ccccc4)(c4ccccc4)c4ccccc4)[C@H]3O)c2n1. The predicted octanol–water partition coefficient (Wildman–Crippen LogP) is 7.64. The Morgan fingerprint density at radius 1 is 0.569 bits per heavy atom. The number of aromatic nitrogens is 4. The van der Waals surface area contributed by atoms with Crippen molar-refractivity contribution in [2.45, 2.75) is 35.7 Å². The molecule has 58 heavy (non-hydrogen) atoms. The summed E-state index contributed by atoms with van der Waals surface area (Å²) in [6, 6.07) is 60.6. The number of nitrogen functional groups attached to an aromatic ring is 2. The molecule has 1 fully saturated rings. The van der Waals surface area contributed by atoms with Crippen molar-refractivity contribution in [2.24, 2.45) is 0 Å². The van der Waals surface area contributed by atoms with Crippen LogP contribution in [-0.2, 0) is 25.4 Å². The fourth-order valence-corrected chi connectivity index (χ4v) is 8.27. The number of anilines is 2. The van der Waals surface area contributed by atoms with Crippen molar-refractivity contribution in [3.63, 3.8) is 0 Å². The Morgan fingerprint density at radius 3 is 1.38 bits per heavy atom. The molecule has 1 aliphatic rings. The first-order valence-corrected chi connectivity index (χ1v) is 19.2. The first kappa shape index (κ1) is 36.9. The molecule has 0 saturated carbocycles. The molecule has 9 rings (SSSR count). The summed E-state index contributed by atoms with van der Waals surface area (Å²) in [6.07, 6.45) is -2.60. The quantitative estimate of drug-likeness (QED) is 0.107. The van der Waals surface area contributed by atoms with Crippen molar-refractivity contribution in [1.29, 1.82) is 0 Å². The molecule has 8 aromatic rings. The zero-order valence-corrected chi connectivity index (χ0v) is 31.5. The number of ether oxygens (including phenoxy) is 3. The summed E-state index contributed by atoms with van der Waals surface area (Å²) >= 11 is 0. The highest BCUT2D eigenvalue weighted by molar-refractivity contribution is 5.82. The number of nitrogens with zero attached hydrogens (tertiary/aromatic N) is 4. The van der Waals surface area contributed by atoms with E-state index in [2.05, 4.69) is 51.4 Å². The van der Waals surface area contributed by atoms with Gasteiger partial charge in [-0.3, -0.25) is 4.57 Å². The van der Waals surface area contributed by atoms with Crippen LogP contribution in [0.1, 0.15) is 39.6 Å². The van der Waals surface area contributed by atoms with Crippen molar-refractivity contribution in [3.05, 3.63) is 222 Å². The van der Waals surface area contributed by atoms with E-state index in [0.29, 0.717) is 11.2 Å². The van der Waals surface area contributed by atoms with Gasteiger partial charge in [0.2, 0.25) is 5.95 Å². The van der Waals surface area contributed by atoms with Crippen LogP contribution >= 0.6 is 0 Å². The summed E-state index contributed by atoms with van der Waals surface area (Å²) in [7, 11) is 0. The lowest BCUT2D eigenvalue weighted by Gasteiger charge is -2.41. The van der Waals surface area contributed by atoms with Gasteiger partial charge in [0.1, 0.15) is 35.0 Å². The Hall–Kier alpha value is -6.69. The number of fused-ring (bicyclic) bond motifs is 1. The van der Waals surface area contributed by atoms with Crippen molar-refractivity contribution in [3.8, 4) is 0 Å². The Labute approximate surface area is 336 Å². The number of benzene rings is 6. The molecule has 288 valence electrons. The monoisotopic (exact) mass is 766 g/mol. The lowest BCUT2D eigenvalue weighted by molar-refractivity contribution is -0.131. The van der Waals surface area contributed by atoms with Gasteiger partial charge in [-0.2, -0.15) is 9.97 Å². The number of nitrogens with two attached hydrogens (primary N) is 2. The third-order valence-corrected chi connectivity index (χ3v) is 10.9. The van der Waals surface area contributed by atoms with Gasteiger partial charge in [0, 0.05) is 0 Å². The minimum absolute atomic E-state index is 0.00273. The maximum Gasteiger partial charge on any atom is 0.224 e. The fourth-order valence-electron chi connectivity index (χ4n) is 8.27. The molecule has 5 N–H and O–H groups in total. The van der Waals surface area contributed by atoms with Crippen LogP contribution in [0.4, 0.5) is 11.8 Å². The highest BCUT2D eigenvalue weighted by Gasteiger charge is 2.52. The van der Waals surface area contributed by atoms with Crippen molar-refractivity contribution >= 4 is 22.9 Å². The largest absolute Gasteiger partial charge is 0.386 e. The lowest BCUT2D eigenvalue weighted by atomic mass is 9.79. The number of rotatable bonds is 12. The molecule has 6 aromatic carbocycles. The van der Waals surface area contributed by atoms with Crippen LogP contribution in [-0.4, -0.2) is 49.5 Å². The second-order valence-electron chi connectivity index (χ2n) is 14.3. The van der Waals surface area contributed by atoms with Gasteiger partial charge in [0.05, 0.1) is 12.9 Å². The molecular formula is C48H42N6O4. The molecule has 3 heterocycles. The fraction of sp³-hybridized carbons (Fsp3) is 0.146. The number of hydrogen-bond acceptors (Lipinski definition) is 9. The highest BCUT2D eigenvalue weighted by Crippen LogP contribution is 2.47.